The zero-order chi connectivity index (χ0) is 11.8. The smallest absolute Gasteiger partial charge is 0.0841 e. The van der Waals surface area contributed by atoms with E-state index in [0.29, 0.717) is 6.42 Å². The molecule has 0 spiro atoms. The van der Waals surface area contributed by atoms with Gasteiger partial charge in [0.15, 0.2) is 0 Å². The molecule has 0 bridgehead atoms. The van der Waals surface area contributed by atoms with E-state index >= 15 is 0 Å². The molecule has 17 heavy (non-hydrogen) atoms. The van der Waals surface area contributed by atoms with E-state index in [2.05, 4.69) is 46.9 Å². The Balaban J connectivity index is 2.13. The zero-order valence-corrected chi connectivity index (χ0v) is 12.0. The van der Waals surface area contributed by atoms with E-state index in [0.717, 1.165) is 5.56 Å². The highest BCUT2D eigenvalue weighted by Crippen LogP contribution is 2.40. The Hall–Kier alpha value is -0.520. The molecule has 0 aromatic heterocycles. The second kappa shape index (κ2) is 4.63. The number of hydrogen-bond acceptors (Lipinski definition) is 2. The zero-order valence-electron chi connectivity index (χ0n) is 9.06. The molecule has 0 saturated carbocycles. The van der Waals surface area contributed by atoms with Crippen LogP contribution in [0, 0.1) is 3.57 Å². The first-order valence-electron chi connectivity index (χ1n) is 5.47. The Kier molecular flexibility index (Phi) is 3.15. The Labute approximate surface area is 118 Å². The van der Waals surface area contributed by atoms with Crippen molar-refractivity contribution in [2.24, 2.45) is 0 Å². The molecule has 3 rings (SSSR count). The molecule has 1 unspecified atom stereocenters. The van der Waals surface area contributed by atoms with Crippen LogP contribution in [0.3, 0.4) is 0 Å². The van der Waals surface area contributed by atoms with Crippen molar-refractivity contribution in [3.05, 3.63) is 57.2 Å². The quantitative estimate of drug-likeness (QED) is 0.721. The van der Waals surface area contributed by atoms with Gasteiger partial charge in [-0.15, -0.1) is 0 Å². The summed E-state index contributed by atoms with van der Waals surface area (Å²) in [5.41, 5.74) is 2.29. The molecule has 1 aliphatic heterocycles. The van der Waals surface area contributed by atoms with Gasteiger partial charge in [0, 0.05) is 19.8 Å². The van der Waals surface area contributed by atoms with Crippen LogP contribution >= 0.6 is 34.4 Å². The molecule has 0 radical (unpaired) electrons. The second-order valence-corrected chi connectivity index (χ2v) is 6.44. The molecule has 1 aliphatic rings. The summed E-state index contributed by atoms with van der Waals surface area (Å²) < 4.78 is 1.22. The van der Waals surface area contributed by atoms with Gasteiger partial charge in [0.25, 0.3) is 0 Å². The SMILES string of the molecule is OC1Cc2cc(I)ccc2Sc2ccccc21. The maximum atomic E-state index is 10.3. The van der Waals surface area contributed by atoms with Crippen LogP contribution in [0.15, 0.2) is 52.3 Å². The average molecular weight is 354 g/mol. The molecule has 1 N–H and O–H groups in total. The predicted molar refractivity (Wildman–Crippen MR) is 78.4 cm³/mol. The maximum absolute atomic E-state index is 10.3. The first-order chi connectivity index (χ1) is 8.24. The maximum Gasteiger partial charge on any atom is 0.0841 e. The fourth-order valence-electron chi connectivity index (χ4n) is 2.09. The molecule has 0 amide bonds. The van der Waals surface area contributed by atoms with Gasteiger partial charge >= 0.3 is 0 Å². The van der Waals surface area contributed by atoms with Gasteiger partial charge in [-0.2, -0.15) is 0 Å². The largest absolute Gasteiger partial charge is 0.388 e. The van der Waals surface area contributed by atoms with Crippen LogP contribution in [-0.4, -0.2) is 5.11 Å². The molecule has 1 nitrogen and oxygen atoms in total. The lowest BCUT2D eigenvalue weighted by atomic mass is 10.0. The number of aliphatic hydroxyl groups excluding tert-OH is 1. The Morgan fingerprint density at radius 1 is 1.12 bits per heavy atom. The van der Waals surface area contributed by atoms with Gasteiger partial charge in [-0.05, 0) is 58.0 Å². The van der Waals surface area contributed by atoms with E-state index in [1.807, 2.05) is 18.2 Å². The average Bonchev–Trinajstić information content (AvgIpc) is 2.46. The lowest BCUT2D eigenvalue weighted by molar-refractivity contribution is 0.175. The molecular weight excluding hydrogens is 343 g/mol. The van der Waals surface area contributed by atoms with Crippen molar-refractivity contribution in [3.8, 4) is 0 Å². The lowest BCUT2D eigenvalue weighted by Gasteiger charge is -2.10. The molecule has 3 heteroatoms. The number of hydrogen-bond donors (Lipinski definition) is 1. The molecule has 0 aliphatic carbocycles. The highest BCUT2D eigenvalue weighted by Gasteiger charge is 2.20. The van der Waals surface area contributed by atoms with E-state index in [9.17, 15) is 5.11 Å². The lowest BCUT2D eigenvalue weighted by Crippen LogP contribution is -2.01. The summed E-state index contributed by atoms with van der Waals surface area (Å²) in [6.07, 6.45) is 0.314. The minimum atomic E-state index is -0.391. The Morgan fingerprint density at radius 2 is 1.94 bits per heavy atom. The summed E-state index contributed by atoms with van der Waals surface area (Å²) in [5, 5.41) is 10.3. The van der Waals surface area contributed by atoms with Gasteiger partial charge in [-0.1, -0.05) is 30.0 Å². The van der Waals surface area contributed by atoms with Gasteiger partial charge in [0.05, 0.1) is 6.10 Å². The minimum absolute atomic E-state index is 0.391. The third-order valence-corrected chi connectivity index (χ3v) is 4.81. The van der Waals surface area contributed by atoms with Crippen molar-refractivity contribution in [1.82, 2.24) is 0 Å². The first kappa shape index (κ1) is 11.6. The Morgan fingerprint density at radius 3 is 2.82 bits per heavy atom. The standard InChI is InChI=1S/C14H11IOS/c15-10-5-6-13-9(7-10)8-12(16)11-3-1-2-4-14(11)17-13/h1-7,12,16H,8H2. The van der Waals surface area contributed by atoms with Crippen molar-refractivity contribution < 1.29 is 5.11 Å². The summed E-state index contributed by atoms with van der Waals surface area (Å²) >= 11 is 4.07. The van der Waals surface area contributed by atoms with Gasteiger partial charge in [0.2, 0.25) is 0 Å². The fourth-order valence-corrected chi connectivity index (χ4v) is 3.76. The van der Waals surface area contributed by atoms with Crippen LogP contribution in [0.25, 0.3) is 0 Å². The van der Waals surface area contributed by atoms with Gasteiger partial charge in [0.1, 0.15) is 0 Å². The summed E-state index contributed by atoms with van der Waals surface area (Å²) in [7, 11) is 0. The van der Waals surface area contributed by atoms with E-state index in [4.69, 9.17) is 0 Å². The molecule has 1 heterocycles. The molecule has 0 saturated heterocycles. The van der Waals surface area contributed by atoms with Gasteiger partial charge in [-0.3, -0.25) is 0 Å². The van der Waals surface area contributed by atoms with Crippen LogP contribution in [0.2, 0.25) is 0 Å². The number of fused-ring (bicyclic) bond motifs is 2. The summed E-state index contributed by atoms with van der Waals surface area (Å²) in [6, 6.07) is 14.5. The molecular formula is C14H11IOS. The number of rotatable bonds is 0. The van der Waals surface area contributed by atoms with Crippen molar-refractivity contribution in [3.63, 3.8) is 0 Å². The van der Waals surface area contributed by atoms with E-state index < -0.39 is 6.10 Å². The fraction of sp³-hybridized carbons (Fsp3) is 0.143. The topological polar surface area (TPSA) is 20.2 Å². The van der Waals surface area contributed by atoms with Crippen LogP contribution in [-0.2, 0) is 6.42 Å². The first-order valence-corrected chi connectivity index (χ1v) is 7.37. The molecule has 86 valence electrons. The Bertz CT molecular complexity index is 568. The minimum Gasteiger partial charge on any atom is -0.388 e. The van der Waals surface area contributed by atoms with Crippen molar-refractivity contribution in [2.75, 3.05) is 0 Å². The molecule has 0 fully saturated rings. The monoisotopic (exact) mass is 354 g/mol. The number of aliphatic hydroxyl groups is 1. The van der Waals surface area contributed by atoms with Crippen molar-refractivity contribution in [1.29, 1.82) is 0 Å². The predicted octanol–water partition coefficient (Wildman–Crippen LogP) is 4.03. The van der Waals surface area contributed by atoms with Crippen molar-refractivity contribution in [2.45, 2.75) is 22.3 Å². The van der Waals surface area contributed by atoms with Crippen molar-refractivity contribution >= 4 is 34.4 Å². The number of halogens is 1. The molecule has 1 atom stereocenters. The normalized spacial score (nSPS) is 18.1. The number of benzene rings is 2. The van der Waals surface area contributed by atoms with E-state index in [1.165, 1.54) is 18.9 Å². The third-order valence-electron chi connectivity index (χ3n) is 2.93. The summed E-state index contributed by atoms with van der Waals surface area (Å²) in [5.74, 6) is 0. The second-order valence-electron chi connectivity index (χ2n) is 4.11. The summed E-state index contributed by atoms with van der Waals surface area (Å²) in [4.78, 5) is 2.43. The molecule has 2 aromatic rings. The molecule has 2 aromatic carbocycles. The highest BCUT2D eigenvalue weighted by atomic mass is 127. The van der Waals surface area contributed by atoms with Crippen LogP contribution in [0.5, 0.6) is 0 Å². The van der Waals surface area contributed by atoms with Crippen LogP contribution in [0.4, 0.5) is 0 Å². The summed E-state index contributed by atoms with van der Waals surface area (Å²) in [6.45, 7) is 0. The van der Waals surface area contributed by atoms with Crippen LogP contribution < -0.4 is 0 Å². The van der Waals surface area contributed by atoms with E-state index in [-0.39, 0.29) is 0 Å². The third kappa shape index (κ3) is 2.23. The van der Waals surface area contributed by atoms with Gasteiger partial charge in [-0.25, -0.2) is 0 Å². The van der Waals surface area contributed by atoms with Crippen LogP contribution in [0.1, 0.15) is 17.2 Å². The highest BCUT2D eigenvalue weighted by molar-refractivity contribution is 14.1. The van der Waals surface area contributed by atoms with E-state index in [1.54, 1.807) is 11.8 Å². The van der Waals surface area contributed by atoms with Gasteiger partial charge < -0.3 is 5.11 Å².